The number of carboxylic acids is 1. The summed E-state index contributed by atoms with van der Waals surface area (Å²) in [6.45, 7) is 3.57. The van der Waals surface area contributed by atoms with Crippen LogP contribution in [0.4, 0.5) is 4.39 Å². The van der Waals surface area contributed by atoms with Gasteiger partial charge in [-0.05, 0) is 26.0 Å². The van der Waals surface area contributed by atoms with Gasteiger partial charge in [0.05, 0.1) is 6.42 Å². The molecule has 6 heteroatoms. The molecule has 0 spiro atoms. The summed E-state index contributed by atoms with van der Waals surface area (Å²) in [6, 6.07) is 5.08. The van der Waals surface area contributed by atoms with Gasteiger partial charge >= 0.3 is 5.97 Å². The minimum Gasteiger partial charge on any atom is -0.484 e. The van der Waals surface area contributed by atoms with Gasteiger partial charge in [0, 0.05) is 18.7 Å². The monoisotopic (exact) mass is 283 g/mol. The highest BCUT2D eigenvalue weighted by atomic mass is 19.1. The van der Waals surface area contributed by atoms with Gasteiger partial charge in [-0.15, -0.1) is 0 Å². The molecule has 20 heavy (non-hydrogen) atoms. The quantitative estimate of drug-likeness (QED) is 0.830. The predicted molar refractivity (Wildman–Crippen MR) is 71.0 cm³/mol. The summed E-state index contributed by atoms with van der Waals surface area (Å²) < 4.78 is 18.2. The Hall–Kier alpha value is -2.11. The zero-order chi connectivity index (χ0) is 15.1. The molecule has 1 amide bonds. The largest absolute Gasteiger partial charge is 0.484 e. The summed E-state index contributed by atoms with van der Waals surface area (Å²) in [5.41, 5.74) is 0. The van der Waals surface area contributed by atoms with Crippen LogP contribution in [0.5, 0.6) is 5.75 Å². The van der Waals surface area contributed by atoms with Crippen molar-refractivity contribution < 1.29 is 23.8 Å². The fourth-order valence-electron chi connectivity index (χ4n) is 1.88. The van der Waals surface area contributed by atoms with Gasteiger partial charge in [-0.3, -0.25) is 9.59 Å². The molecule has 1 N–H and O–H groups in total. The van der Waals surface area contributed by atoms with Crippen molar-refractivity contribution in [2.24, 2.45) is 0 Å². The number of hydrogen-bond acceptors (Lipinski definition) is 3. The Morgan fingerprint density at radius 3 is 2.70 bits per heavy atom. The molecule has 0 aliphatic rings. The highest BCUT2D eigenvalue weighted by molar-refractivity contribution is 5.79. The summed E-state index contributed by atoms with van der Waals surface area (Å²) >= 11 is 0. The standard InChI is InChI=1S/C14H18FNO4/c1-3-16(10(2)7-14(18)19)13(17)9-20-12-6-4-5-11(15)8-12/h4-6,8,10H,3,7,9H2,1-2H3,(H,18,19). The van der Waals surface area contributed by atoms with E-state index in [0.29, 0.717) is 6.54 Å². The summed E-state index contributed by atoms with van der Waals surface area (Å²) in [5.74, 6) is -1.47. The third-order valence-corrected chi connectivity index (χ3v) is 2.82. The van der Waals surface area contributed by atoms with Crippen LogP contribution in [0, 0.1) is 5.82 Å². The number of carboxylic acid groups (broad SMARTS) is 1. The van der Waals surface area contributed by atoms with Crippen molar-refractivity contribution >= 4 is 11.9 Å². The third-order valence-electron chi connectivity index (χ3n) is 2.82. The number of carbonyl (C=O) groups excluding carboxylic acids is 1. The Kier molecular flexibility index (Phi) is 5.96. The molecule has 0 bridgehead atoms. The molecule has 1 rings (SSSR count). The highest BCUT2D eigenvalue weighted by Gasteiger charge is 2.21. The van der Waals surface area contributed by atoms with Crippen molar-refractivity contribution in [3.05, 3.63) is 30.1 Å². The van der Waals surface area contributed by atoms with Crippen molar-refractivity contribution in [2.75, 3.05) is 13.2 Å². The molecule has 1 unspecified atom stereocenters. The van der Waals surface area contributed by atoms with Crippen LogP contribution in [-0.2, 0) is 9.59 Å². The molecule has 0 heterocycles. The molecule has 1 atom stereocenters. The molecule has 0 aliphatic carbocycles. The smallest absolute Gasteiger partial charge is 0.305 e. The molecule has 1 aromatic carbocycles. The van der Waals surface area contributed by atoms with Crippen LogP contribution < -0.4 is 4.74 Å². The second kappa shape index (κ2) is 7.47. The minimum absolute atomic E-state index is 0.125. The second-order valence-electron chi connectivity index (χ2n) is 4.37. The number of rotatable bonds is 7. The predicted octanol–water partition coefficient (Wildman–Crippen LogP) is 1.92. The van der Waals surface area contributed by atoms with Gasteiger partial charge in [0.25, 0.3) is 5.91 Å². The molecule has 0 saturated heterocycles. The van der Waals surface area contributed by atoms with E-state index in [1.165, 1.54) is 23.1 Å². The first-order chi connectivity index (χ1) is 9.43. The molecule has 5 nitrogen and oxygen atoms in total. The topological polar surface area (TPSA) is 66.8 Å². The molecule has 110 valence electrons. The van der Waals surface area contributed by atoms with Crippen LogP contribution >= 0.6 is 0 Å². The van der Waals surface area contributed by atoms with Crippen LogP contribution in [0.2, 0.25) is 0 Å². The van der Waals surface area contributed by atoms with Gasteiger partial charge in [-0.25, -0.2) is 4.39 Å². The third kappa shape index (κ3) is 4.87. The average Bonchev–Trinajstić information content (AvgIpc) is 2.36. The van der Waals surface area contributed by atoms with E-state index in [4.69, 9.17) is 9.84 Å². The maximum atomic E-state index is 12.9. The number of benzene rings is 1. The number of carbonyl (C=O) groups is 2. The lowest BCUT2D eigenvalue weighted by Crippen LogP contribution is -2.42. The van der Waals surface area contributed by atoms with Crippen molar-refractivity contribution in [1.82, 2.24) is 4.90 Å². The first-order valence-electron chi connectivity index (χ1n) is 6.33. The fraction of sp³-hybridized carbons (Fsp3) is 0.429. The van der Waals surface area contributed by atoms with Crippen LogP contribution in [0.3, 0.4) is 0 Å². The molecular formula is C14H18FNO4. The van der Waals surface area contributed by atoms with E-state index in [1.54, 1.807) is 19.9 Å². The maximum Gasteiger partial charge on any atom is 0.305 e. The summed E-state index contributed by atoms with van der Waals surface area (Å²) in [4.78, 5) is 24.1. The molecule has 0 fully saturated rings. The Balaban J connectivity index is 2.57. The van der Waals surface area contributed by atoms with Gasteiger partial charge in [0.2, 0.25) is 0 Å². The second-order valence-corrected chi connectivity index (χ2v) is 4.37. The van der Waals surface area contributed by atoms with Crippen LogP contribution in [0.25, 0.3) is 0 Å². The van der Waals surface area contributed by atoms with E-state index in [2.05, 4.69) is 0 Å². The van der Waals surface area contributed by atoms with Crippen LogP contribution in [0.1, 0.15) is 20.3 Å². The van der Waals surface area contributed by atoms with Gasteiger partial charge in [0.15, 0.2) is 6.61 Å². The number of hydrogen-bond donors (Lipinski definition) is 1. The summed E-state index contributed by atoms with van der Waals surface area (Å²) in [5, 5.41) is 8.74. The Bertz CT molecular complexity index is 478. The lowest BCUT2D eigenvalue weighted by atomic mass is 10.2. The lowest BCUT2D eigenvalue weighted by Gasteiger charge is -2.26. The Morgan fingerprint density at radius 1 is 1.45 bits per heavy atom. The number of aliphatic carboxylic acids is 1. The first-order valence-corrected chi connectivity index (χ1v) is 6.33. The Labute approximate surface area is 117 Å². The maximum absolute atomic E-state index is 12.9. The van der Waals surface area contributed by atoms with Crippen molar-refractivity contribution in [3.8, 4) is 5.75 Å². The average molecular weight is 283 g/mol. The van der Waals surface area contributed by atoms with Gasteiger partial charge < -0.3 is 14.7 Å². The van der Waals surface area contributed by atoms with Gasteiger partial charge in [-0.1, -0.05) is 6.07 Å². The number of amides is 1. The highest BCUT2D eigenvalue weighted by Crippen LogP contribution is 2.12. The number of nitrogens with zero attached hydrogens (tertiary/aromatic N) is 1. The normalized spacial score (nSPS) is 11.8. The molecular weight excluding hydrogens is 265 g/mol. The van der Waals surface area contributed by atoms with E-state index in [9.17, 15) is 14.0 Å². The molecule has 0 radical (unpaired) electrons. The van der Waals surface area contributed by atoms with Gasteiger partial charge in [0.1, 0.15) is 11.6 Å². The molecule has 0 aromatic heterocycles. The summed E-state index contributed by atoms with van der Waals surface area (Å²) in [6.07, 6.45) is -0.125. The SMILES string of the molecule is CCN(C(=O)COc1cccc(F)c1)C(C)CC(=O)O. The van der Waals surface area contributed by atoms with Crippen molar-refractivity contribution in [1.29, 1.82) is 0 Å². The Morgan fingerprint density at radius 2 is 2.15 bits per heavy atom. The van der Waals surface area contributed by atoms with Crippen molar-refractivity contribution in [2.45, 2.75) is 26.3 Å². The van der Waals surface area contributed by atoms with Crippen molar-refractivity contribution in [3.63, 3.8) is 0 Å². The number of ether oxygens (including phenoxy) is 1. The van der Waals surface area contributed by atoms with E-state index in [0.717, 1.165) is 0 Å². The number of likely N-dealkylation sites (N-methyl/N-ethyl adjacent to an activating group) is 1. The summed E-state index contributed by atoms with van der Waals surface area (Å²) in [7, 11) is 0. The zero-order valence-corrected chi connectivity index (χ0v) is 11.5. The van der Waals surface area contributed by atoms with E-state index < -0.39 is 17.8 Å². The van der Waals surface area contributed by atoms with Crippen LogP contribution in [-0.4, -0.2) is 41.1 Å². The molecule has 0 aliphatic heterocycles. The lowest BCUT2D eigenvalue weighted by molar-refractivity contribution is -0.141. The fourth-order valence-corrected chi connectivity index (χ4v) is 1.88. The molecule has 1 aromatic rings. The first kappa shape index (κ1) is 15.9. The minimum atomic E-state index is -0.963. The zero-order valence-electron chi connectivity index (χ0n) is 11.5. The van der Waals surface area contributed by atoms with E-state index >= 15 is 0 Å². The molecule has 0 saturated carbocycles. The van der Waals surface area contributed by atoms with E-state index in [1.807, 2.05) is 0 Å². The number of halogens is 1. The van der Waals surface area contributed by atoms with E-state index in [-0.39, 0.29) is 24.7 Å². The van der Waals surface area contributed by atoms with Crippen LogP contribution in [0.15, 0.2) is 24.3 Å². The van der Waals surface area contributed by atoms with Gasteiger partial charge in [-0.2, -0.15) is 0 Å².